The topological polar surface area (TPSA) is 25.8 Å². The van der Waals surface area contributed by atoms with Crippen LogP contribution in [0.25, 0.3) is 0 Å². The van der Waals surface area contributed by atoms with Crippen LogP contribution in [-0.2, 0) is 0 Å². The molecule has 0 saturated heterocycles. The van der Waals surface area contributed by atoms with Crippen molar-refractivity contribution in [2.24, 2.45) is 0 Å². The van der Waals surface area contributed by atoms with E-state index in [4.69, 9.17) is 11.6 Å². The lowest BCUT2D eigenvalue weighted by Gasteiger charge is -1.87. The summed E-state index contributed by atoms with van der Waals surface area (Å²) < 4.78 is 0.633. The van der Waals surface area contributed by atoms with Gasteiger partial charge in [-0.05, 0) is 15.9 Å². The molecule has 0 radical (unpaired) electrons. The molecule has 0 fully saturated rings. The SMILES string of the molecule is Clc1cncnc1Br. The molecule has 0 aliphatic rings. The van der Waals surface area contributed by atoms with Crippen LogP contribution in [-0.4, -0.2) is 9.97 Å². The summed E-state index contributed by atoms with van der Waals surface area (Å²) in [5.74, 6) is 0. The van der Waals surface area contributed by atoms with Gasteiger partial charge in [-0.15, -0.1) is 0 Å². The van der Waals surface area contributed by atoms with E-state index in [0.29, 0.717) is 9.63 Å². The highest BCUT2D eigenvalue weighted by atomic mass is 79.9. The van der Waals surface area contributed by atoms with Crippen molar-refractivity contribution in [2.45, 2.75) is 0 Å². The third-order valence-corrected chi connectivity index (χ3v) is 1.76. The summed E-state index contributed by atoms with van der Waals surface area (Å²) in [5, 5.41) is 0.535. The van der Waals surface area contributed by atoms with Gasteiger partial charge in [0.15, 0.2) is 0 Å². The maximum Gasteiger partial charge on any atom is 0.128 e. The minimum absolute atomic E-state index is 0.535. The summed E-state index contributed by atoms with van der Waals surface area (Å²) in [5.41, 5.74) is 0. The van der Waals surface area contributed by atoms with E-state index in [-0.39, 0.29) is 0 Å². The van der Waals surface area contributed by atoms with E-state index in [1.165, 1.54) is 12.5 Å². The van der Waals surface area contributed by atoms with Crippen LogP contribution in [0.5, 0.6) is 0 Å². The van der Waals surface area contributed by atoms with Crippen molar-refractivity contribution in [3.63, 3.8) is 0 Å². The van der Waals surface area contributed by atoms with Crippen molar-refractivity contribution in [3.8, 4) is 0 Å². The Kier molecular flexibility index (Phi) is 1.81. The molecule has 1 heterocycles. The third kappa shape index (κ3) is 1.17. The fraction of sp³-hybridized carbons (Fsp3) is 0. The molecule has 0 bridgehead atoms. The van der Waals surface area contributed by atoms with E-state index < -0.39 is 0 Å². The second-order valence-electron chi connectivity index (χ2n) is 1.16. The van der Waals surface area contributed by atoms with Gasteiger partial charge in [-0.2, -0.15) is 0 Å². The molecular formula is C4H2BrClN2. The number of nitrogens with zero attached hydrogens (tertiary/aromatic N) is 2. The maximum atomic E-state index is 5.54. The molecule has 0 unspecified atom stereocenters. The Labute approximate surface area is 60.0 Å². The minimum atomic E-state index is 0.535. The van der Waals surface area contributed by atoms with Gasteiger partial charge in [0, 0.05) is 0 Å². The highest BCUT2D eigenvalue weighted by molar-refractivity contribution is 9.10. The van der Waals surface area contributed by atoms with Crippen LogP contribution in [0, 0.1) is 0 Å². The molecule has 1 aromatic rings. The smallest absolute Gasteiger partial charge is 0.128 e. The van der Waals surface area contributed by atoms with E-state index in [1.54, 1.807) is 0 Å². The van der Waals surface area contributed by atoms with Gasteiger partial charge in [0.1, 0.15) is 10.9 Å². The number of aromatic nitrogens is 2. The van der Waals surface area contributed by atoms with Gasteiger partial charge in [-0.1, -0.05) is 11.6 Å². The lowest BCUT2D eigenvalue weighted by atomic mass is 10.7. The monoisotopic (exact) mass is 192 g/mol. The standard InChI is InChI=1S/C4H2BrClN2/c5-4-3(6)1-7-2-8-4/h1-2H. The fourth-order valence-electron chi connectivity index (χ4n) is 0.298. The molecule has 0 atom stereocenters. The average molecular weight is 193 g/mol. The highest BCUT2D eigenvalue weighted by Crippen LogP contribution is 2.15. The first-order valence-corrected chi connectivity index (χ1v) is 3.09. The number of hydrogen-bond acceptors (Lipinski definition) is 2. The van der Waals surface area contributed by atoms with Crippen LogP contribution >= 0.6 is 27.5 Å². The van der Waals surface area contributed by atoms with Gasteiger partial charge in [0.05, 0.1) is 11.2 Å². The van der Waals surface area contributed by atoms with Gasteiger partial charge in [-0.3, -0.25) is 0 Å². The Hall–Kier alpha value is -0.150. The quantitative estimate of drug-likeness (QED) is 0.588. The van der Waals surface area contributed by atoms with Gasteiger partial charge in [0.2, 0.25) is 0 Å². The first kappa shape index (κ1) is 5.98. The summed E-state index contributed by atoms with van der Waals surface area (Å²) in [7, 11) is 0. The van der Waals surface area contributed by atoms with Crippen molar-refractivity contribution < 1.29 is 0 Å². The summed E-state index contributed by atoms with van der Waals surface area (Å²) in [6.45, 7) is 0. The molecule has 2 nitrogen and oxygen atoms in total. The summed E-state index contributed by atoms with van der Waals surface area (Å²) in [4.78, 5) is 7.42. The Morgan fingerprint density at radius 2 is 2.38 bits per heavy atom. The zero-order chi connectivity index (χ0) is 5.98. The first-order valence-electron chi connectivity index (χ1n) is 1.91. The normalized spacial score (nSPS) is 9.25. The van der Waals surface area contributed by atoms with Crippen molar-refractivity contribution in [1.29, 1.82) is 0 Å². The number of rotatable bonds is 0. The molecular weight excluding hydrogens is 191 g/mol. The zero-order valence-corrected chi connectivity index (χ0v) is 6.15. The van der Waals surface area contributed by atoms with E-state index in [2.05, 4.69) is 25.9 Å². The van der Waals surface area contributed by atoms with E-state index >= 15 is 0 Å². The third-order valence-electron chi connectivity index (χ3n) is 0.623. The van der Waals surface area contributed by atoms with E-state index in [0.717, 1.165) is 0 Å². The second-order valence-corrected chi connectivity index (χ2v) is 2.32. The summed E-state index contributed by atoms with van der Waals surface area (Å²) in [6.07, 6.45) is 2.95. The Morgan fingerprint density at radius 1 is 1.62 bits per heavy atom. The molecule has 1 aromatic heterocycles. The average Bonchev–Trinajstić information content (AvgIpc) is 1.77. The molecule has 0 amide bonds. The number of hydrogen-bond donors (Lipinski definition) is 0. The van der Waals surface area contributed by atoms with Crippen LogP contribution in [0.2, 0.25) is 5.02 Å². The summed E-state index contributed by atoms with van der Waals surface area (Å²) >= 11 is 8.65. The van der Waals surface area contributed by atoms with Crippen molar-refractivity contribution >= 4 is 27.5 Å². The molecule has 0 spiro atoms. The van der Waals surface area contributed by atoms with Gasteiger partial charge in [0.25, 0.3) is 0 Å². The predicted molar refractivity (Wildman–Crippen MR) is 34.7 cm³/mol. The van der Waals surface area contributed by atoms with Crippen molar-refractivity contribution in [1.82, 2.24) is 9.97 Å². The molecule has 8 heavy (non-hydrogen) atoms. The van der Waals surface area contributed by atoms with Crippen LogP contribution in [0.4, 0.5) is 0 Å². The Bertz CT molecular complexity index is 170. The molecule has 0 aliphatic heterocycles. The van der Waals surface area contributed by atoms with Crippen molar-refractivity contribution in [2.75, 3.05) is 0 Å². The lowest BCUT2D eigenvalue weighted by Crippen LogP contribution is -1.76. The van der Waals surface area contributed by atoms with E-state index in [1.807, 2.05) is 0 Å². The van der Waals surface area contributed by atoms with Gasteiger partial charge < -0.3 is 0 Å². The first-order chi connectivity index (χ1) is 3.80. The van der Waals surface area contributed by atoms with Crippen LogP contribution < -0.4 is 0 Å². The van der Waals surface area contributed by atoms with E-state index in [9.17, 15) is 0 Å². The van der Waals surface area contributed by atoms with Gasteiger partial charge >= 0.3 is 0 Å². The second kappa shape index (κ2) is 2.42. The van der Waals surface area contributed by atoms with Gasteiger partial charge in [-0.25, -0.2) is 9.97 Å². The highest BCUT2D eigenvalue weighted by Gasteiger charge is 1.91. The lowest BCUT2D eigenvalue weighted by molar-refractivity contribution is 1.14. The van der Waals surface area contributed by atoms with Crippen LogP contribution in [0.15, 0.2) is 17.1 Å². The molecule has 0 saturated carbocycles. The molecule has 0 aliphatic carbocycles. The maximum absolute atomic E-state index is 5.54. The molecule has 1 rings (SSSR count). The number of halogens is 2. The zero-order valence-electron chi connectivity index (χ0n) is 3.81. The summed E-state index contributed by atoms with van der Waals surface area (Å²) in [6, 6.07) is 0. The van der Waals surface area contributed by atoms with Crippen LogP contribution in [0.1, 0.15) is 0 Å². The van der Waals surface area contributed by atoms with Crippen LogP contribution in [0.3, 0.4) is 0 Å². The fourth-order valence-corrected chi connectivity index (χ4v) is 0.597. The molecule has 42 valence electrons. The molecule has 0 N–H and O–H groups in total. The molecule has 4 heteroatoms. The largest absolute Gasteiger partial charge is 0.243 e. The minimum Gasteiger partial charge on any atom is -0.243 e. The predicted octanol–water partition coefficient (Wildman–Crippen LogP) is 1.89. The van der Waals surface area contributed by atoms with Crippen molar-refractivity contribution in [3.05, 3.63) is 22.1 Å². The Balaban J connectivity index is 3.13. The Morgan fingerprint density at radius 3 is 2.75 bits per heavy atom. The molecule has 0 aromatic carbocycles.